The second kappa shape index (κ2) is 8.61. The van der Waals surface area contributed by atoms with Crippen LogP contribution in [0.4, 0.5) is 0 Å². The van der Waals surface area contributed by atoms with E-state index in [1.54, 1.807) is 0 Å². The predicted octanol–water partition coefficient (Wildman–Crippen LogP) is 1.95. The van der Waals surface area contributed by atoms with Crippen LogP contribution in [0.2, 0.25) is 0 Å². The van der Waals surface area contributed by atoms with E-state index in [1.165, 1.54) is 27.5 Å². The zero-order chi connectivity index (χ0) is 12.3. The molecule has 2 aromatic rings. The van der Waals surface area contributed by atoms with Gasteiger partial charge in [-0.15, -0.1) is 47.0 Å². The summed E-state index contributed by atoms with van der Waals surface area (Å²) in [5.41, 5.74) is 4.07. The Hall–Kier alpha value is -0.517. The third kappa shape index (κ3) is 5.55. The molecular formula is C17H18ClZr-. The fourth-order valence-electron chi connectivity index (χ4n) is 2.06. The summed E-state index contributed by atoms with van der Waals surface area (Å²) < 4.78 is 0. The molecule has 0 spiro atoms. The van der Waals surface area contributed by atoms with E-state index in [1.807, 2.05) is 0 Å². The van der Waals surface area contributed by atoms with Gasteiger partial charge in [-0.1, -0.05) is 26.8 Å². The van der Waals surface area contributed by atoms with Crippen molar-refractivity contribution in [1.82, 2.24) is 0 Å². The van der Waals surface area contributed by atoms with E-state index < -0.39 is 0 Å². The maximum absolute atomic E-state index is 3.19. The maximum atomic E-state index is 3.19. The fourth-order valence-corrected chi connectivity index (χ4v) is 2.06. The summed E-state index contributed by atoms with van der Waals surface area (Å²) in [6, 6.07) is 12.8. The monoisotopic (exact) mass is 347 g/mol. The van der Waals surface area contributed by atoms with Gasteiger partial charge in [0.1, 0.15) is 0 Å². The molecule has 0 saturated heterocycles. The van der Waals surface area contributed by atoms with Gasteiger partial charge in [-0.05, 0) is 0 Å². The summed E-state index contributed by atoms with van der Waals surface area (Å²) in [5, 5.41) is 2.69. The van der Waals surface area contributed by atoms with Crippen molar-refractivity contribution in [2.24, 2.45) is 0 Å². The predicted molar refractivity (Wildman–Crippen MR) is 75.1 cm³/mol. The molecule has 2 heteroatoms. The first-order chi connectivity index (χ1) is 8.15. The molecule has 3 rings (SSSR count). The van der Waals surface area contributed by atoms with E-state index in [-0.39, 0.29) is 38.6 Å². The van der Waals surface area contributed by atoms with Crippen LogP contribution in [0, 0.1) is 13.0 Å². The molecule has 19 heavy (non-hydrogen) atoms. The third-order valence-corrected chi connectivity index (χ3v) is 2.87. The van der Waals surface area contributed by atoms with Gasteiger partial charge in [0.05, 0.1) is 0 Å². The number of halogens is 1. The minimum atomic E-state index is 0. The van der Waals surface area contributed by atoms with Gasteiger partial charge in [0.2, 0.25) is 0 Å². The second-order valence-electron chi connectivity index (χ2n) is 4.69. The van der Waals surface area contributed by atoms with Crippen molar-refractivity contribution in [2.45, 2.75) is 27.2 Å². The number of hydrogen-bond acceptors (Lipinski definition) is 0. The molecule has 0 radical (unpaired) electrons. The minimum absolute atomic E-state index is 0. The fraction of sp³-hybridized carbons (Fsp3) is 0.235. The molecule has 0 bridgehead atoms. The van der Waals surface area contributed by atoms with Crippen molar-refractivity contribution >= 4 is 10.8 Å². The average molecular weight is 349 g/mol. The summed E-state index contributed by atoms with van der Waals surface area (Å²) in [5.74, 6) is 0. The van der Waals surface area contributed by atoms with Crippen LogP contribution in [0.25, 0.3) is 10.8 Å². The van der Waals surface area contributed by atoms with Gasteiger partial charge in [0.15, 0.2) is 0 Å². The molecule has 0 amide bonds. The Morgan fingerprint density at radius 3 is 2.26 bits per heavy atom. The number of rotatable bonds is 0. The van der Waals surface area contributed by atoms with E-state index >= 15 is 0 Å². The molecule has 0 N–H and O–H groups in total. The SMILES string of the molecule is CC1=[C-]CC(C)=C1.Cc1cc2ccccc2[cH-]1.[Cl-].[Zr+2]. The number of aryl methyl sites for hydroxylation is 1. The number of allylic oxidation sites excluding steroid dienone is 4. The second-order valence-corrected chi connectivity index (χ2v) is 4.69. The Balaban J connectivity index is 0.000000325. The summed E-state index contributed by atoms with van der Waals surface area (Å²) >= 11 is 0. The molecule has 0 aromatic heterocycles. The zero-order valence-corrected chi connectivity index (χ0v) is 14.8. The van der Waals surface area contributed by atoms with Gasteiger partial charge in [0, 0.05) is 0 Å². The van der Waals surface area contributed by atoms with E-state index in [2.05, 4.69) is 69.3 Å². The van der Waals surface area contributed by atoms with Crippen LogP contribution < -0.4 is 12.4 Å². The van der Waals surface area contributed by atoms with Crippen molar-refractivity contribution < 1.29 is 38.6 Å². The summed E-state index contributed by atoms with van der Waals surface area (Å²) in [7, 11) is 0. The van der Waals surface area contributed by atoms with Crippen LogP contribution in [0.5, 0.6) is 0 Å². The maximum Gasteiger partial charge on any atom is 2.00 e. The van der Waals surface area contributed by atoms with Crippen LogP contribution in [0.1, 0.15) is 25.8 Å². The van der Waals surface area contributed by atoms with Crippen LogP contribution >= 0.6 is 0 Å². The van der Waals surface area contributed by atoms with Crippen LogP contribution in [0.15, 0.2) is 53.6 Å². The Bertz CT molecular complexity index is 543. The quantitative estimate of drug-likeness (QED) is 0.638. The van der Waals surface area contributed by atoms with Gasteiger partial charge in [-0.3, -0.25) is 6.08 Å². The smallest absolute Gasteiger partial charge is 1.00 e. The largest absolute Gasteiger partial charge is 2.00 e. The first-order valence-corrected chi connectivity index (χ1v) is 6.02. The Morgan fingerprint density at radius 1 is 1.11 bits per heavy atom. The number of fused-ring (bicyclic) bond motifs is 1. The van der Waals surface area contributed by atoms with Gasteiger partial charge >= 0.3 is 26.2 Å². The summed E-state index contributed by atoms with van der Waals surface area (Å²) in [6.45, 7) is 6.33. The molecule has 2 aromatic carbocycles. The Labute approximate surface area is 141 Å². The molecule has 0 fully saturated rings. The van der Waals surface area contributed by atoms with E-state index in [0.29, 0.717) is 0 Å². The molecule has 0 saturated carbocycles. The molecule has 1 aliphatic carbocycles. The van der Waals surface area contributed by atoms with Crippen molar-refractivity contribution in [3.8, 4) is 0 Å². The molecule has 0 nitrogen and oxygen atoms in total. The topological polar surface area (TPSA) is 0 Å². The van der Waals surface area contributed by atoms with Gasteiger partial charge in [-0.25, -0.2) is 11.6 Å². The Kier molecular flexibility index (Phi) is 8.38. The summed E-state index contributed by atoms with van der Waals surface area (Å²) in [4.78, 5) is 0. The Morgan fingerprint density at radius 2 is 1.79 bits per heavy atom. The van der Waals surface area contributed by atoms with Crippen LogP contribution in [-0.4, -0.2) is 0 Å². The van der Waals surface area contributed by atoms with E-state index in [0.717, 1.165) is 6.42 Å². The number of benzene rings is 1. The molecule has 0 unspecified atom stereocenters. The van der Waals surface area contributed by atoms with Gasteiger partial charge in [-0.2, -0.15) is 11.6 Å². The molecule has 1 aliphatic rings. The van der Waals surface area contributed by atoms with E-state index in [9.17, 15) is 0 Å². The third-order valence-electron chi connectivity index (χ3n) is 2.87. The molecule has 98 valence electrons. The first-order valence-electron chi connectivity index (χ1n) is 6.02. The standard InChI is InChI=1S/C10H9.C7H9.ClH.Zr/c1-8-6-9-4-2-3-5-10(9)7-8;1-6-3-4-7(2)5-6;;/h2-7H,1H3;5H,3H2,1-2H3;1H;/q2*-1;;+2/p-1. The molecular weight excluding hydrogens is 331 g/mol. The van der Waals surface area contributed by atoms with Crippen molar-refractivity contribution in [3.05, 3.63) is 65.3 Å². The minimum Gasteiger partial charge on any atom is -1.00 e. The zero-order valence-electron chi connectivity index (χ0n) is 11.6. The molecule has 0 aliphatic heterocycles. The van der Waals surface area contributed by atoms with Crippen molar-refractivity contribution in [3.63, 3.8) is 0 Å². The summed E-state index contributed by atoms with van der Waals surface area (Å²) in [6.07, 6.45) is 6.41. The molecule has 0 heterocycles. The van der Waals surface area contributed by atoms with Gasteiger partial charge in [0.25, 0.3) is 0 Å². The van der Waals surface area contributed by atoms with E-state index in [4.69, 9.17) is 0 Å². The molecule has 0 atom stereocenters. The number of hydrogen-bond donors (Lipinski definition) is 0. The van der Waals surface area contributed by atoms with Crippen molar-refractivity contribution in [2.75, 3.05) is 0 Å². The van der Waals surface area contributed by atoms with Crippen LogP contribution in [0.3, 0.4) is 0 Å². The van der Waals surface area contributed by atoms with Crippen molar-refractivity contribution in [1.29, 1.82) is 0 Å². The normalized spacial score (nSPS) is 12.6. The average Bonchev–Trinajstić information content (AvgIpc) is 2.83. The van der Waals surface area contributed by atoms with Crippen LogP contribution in [-0.2, 0) is 26.2 Å². The first kappa shape index (κ1) is 18.5. The van der Waals surface area contributed by atoms with Gasteiger partial charge < -0.3 is 12.4 Å².